The summed E-state index contributed by atoms with van der Waals surface area (Å²) >= 11 is 0. The maximum Gasteiger partial charge on any atom is 0.296 e. The molecule has 12 heavy (non-hydrogen) atoms. The SMILES string of the molecule is CC#CC(=O)N[C@H](C)C(=O)NC. The maximum atomic E-state index is 10.9. The smallest absolute Gasteiger partial charge is 0.296 e. The quantitative estimate of drug-likeness (QED) is 0.533. The summed E-state index contributed by atoms with van der Waals surface area (Å²) in [5.74, 6) is 4.04. The van der Waals surface area contributed by atoms with E-state index in [4.69, 9.17) is 0 Å². The number of hydrogen-bond acceptors (Lipinski definition) is 2. The van der Waals surface area contributed by atoms with Gasteiger partial charge in [0.2, 0.25) is 5.91 Å². The Morgan fingerprint density at radius 2 is 2.00 bits per heavy atom. The molecule has 0 spiro atoms. The predicted octanol–water partition coefficient (Wildman–Crippen LogP) is -0.740. The summed E-state index contributed by atoms with van der Waals surface area (Å²) in [6, 6.07) is -0.539. The van der Waals surface area contributed by atoms with Gasteiger partial charge in [0.15, 0.2) is 0 Å². The summed E-state index contributed by atoms with van der Waals surface area (Å²) in [6.45, 7) is 3.15. The number of nitrogens with one attached hydrogen (secondary N) is 2. The van der Waals surface area contributed by atoms with Crippen molar-refractivity contribution in [1.29, 1.82) is 0 Å². The molecule has 0 heterocycles. The first-order valence-corrected chi connectivity index (χ1v) is 3.56. The van der Waals surface area contributed by atoms with Crippen molar-refractivity contribution < 1.29 is 9.59 Å². The van der Waals surface area contributed by atoms with Crippen LogP contribution in [0.4, 0.5) is 0 Å². The molecule has 0 aliphatic carbocycles. The van der Waals surface area contributed by atoms with E-state index in [9.17, 15) is 9.59 Å². The minimum Gasteiger partial charge on any atom is -0.357 e. The summed E-state index contributed by atoms with van der Waals surface area (Å²) in [5, 5.41) is 4.82. The average molecular weight is 168 g/mol. The number of hydrogen-bond donors (Lipinski definition) is 2. The van der Waals surface area contributed by atoms with Crippen molar-refractivity contribution in [3.05, 3.63) is 0 Å². The van der Waals surface area contributed by atoms with Gasteiger partial charge in [-0.2, -0.15) is 0 Å². The zero-order chi connectivity index (χ0) is 9.56. The van der Waals surface area contributed by atoms with E-state index in [1.54, 1.807) is 13.8 Å². The van der Waals surface area contributed by atoms with Gasteiger partial charge in [0.1, 0.15) is 6.04 Å². The van der Waals surface area contributed by atoms with Gasteiger partial charge in [0.05, 0.1) is 0 Å². The summed E-state index contributed by atoms with van der Waals surface area (Å²) in [7, 11) is 1.51. The molecular formula is C8H12N2O2. The zero-order valence-corrected chi connectivity index (χ0v) is 7.39. The van der Waals surface area contributed by atoms with Crippen LogP contribution in [0.1, 0.15) is 13.8 Å². The van der Waals surface area contributed by atoms with Crippen LogP contribution in [-0.4, -0.2) is 24.9 Å². The summed E-state index contributed by atoms with van der Waals surface area (Å²) in [6.07, 6.45) is 0. The fourth-order valence-corrected chi connectivity index (χ4v) is 0.628. The Hall–Kier alpha value is -1.50. The highest BCUT2D eigenvalue weighted by atomic mass is 16.2. The van der Waals surface area contributed by atoms with Gasteiger partial charge in [0, 0.05) is 7.05 Å². The first kappa shape index (κ1) is 10.5. The van der Waals surface area contributed by atoms with Crippen LogP contribution in [0.25, 0.3) is 0 Å². The van der Waals surface area contributed by atoms with Crippen LogP contribution in [0.5, 0.6) is 0 Å². The standard InChI is InChI=1S/C8H12N2O2/c1-4-5-7(11)10-6(2)8(12)9-3/h6H,1-3H3,(H,9,12)(H,10,11)/t6-/m1/s1. The topological polar surface area (TPSA) is 58.2 Å². The van der Waals surface area contributed by atoms with Crippen LogP contribution in [0, 0.1) is 11.8 Å². The summed E-state index contributed by atoms with van der Waals surface area (Å²) < 4.78 is 0. The molecule has 0 bridgehead atoms. The molecule has 0 saturated carbocycles. The van der Waals surface area contributed by atoms with E-state index < -0.39 is 11.9 Å². The number of likely N-dealkylation sites (N-methyl/N-ethyl adjacent to an activating group) is 1. The normalized spacial score (nSPS) is 10.6. The Balaban J connectivity index is 3.97. The van der Waals surface area contributed by atoms with E-state index in [0.29, 0.717) is 0 Å². The van der Waals surface area contributed by atoms with Gasteiger partial charge in [0.25, 0.3) is 5.91 Å². The largest absolute Gasteiger partial charge is 0.357 e. The highest BCUT2D eigenvalue weighted by molar-refractivity contribution is 5.96. The molecule has 2 amide bonds. The third kappa shape index (κ3) is 3.62. The van der Waals surface area contributed by atoms with Gasteiger partial charge in [-0.3, -0.25) is 9.59 Å². The van der Waals surface area contributed by atoms with Gasteiger partial charge in [-0.25, -0.2) is 0 Å². The van der Waals surface area contributed by atoms with Gasteiger partial charge in [-0.15, -0.1) is 0 Å². The number of amides is 2. The molecule has 0 aliphatic heterocycles. The Kier molecular flexibility index (Phi) is 4.54. The number of carbonyl (C=O) groups excluding carboxylic acids is 2. The van der Waals surface area contributed by atoms with Crippen LogP contribution in [0.15, 0.2) is 0 Å². The Labute approximate surface area is 71.7 Å². The first-order chi connectivity index (χ1) is 5.61. The van der Waals surface area contributed by atoms with Crippen molar-refractivity contribution in [3.63, 3.8) is 0 Å². The maximum absolute atomic E-state index is 10.9. The summed E-state index contributed by atoms with van der Waals surface area (Å²) in [5.41, 5.74) is 0. The van der Waals surface area contributed by atoms with E-state index in [-0.39, 0.29) is 5.91 Å². The molecule has 4 nitrogen and oxygen atoms in total. The van der Waals surface area contributed by atoms with E-state index in [2.05, 4.69) is 22.5 Å². The molecule has 0 radical (unpaired) electrons. The molecule has 0 fully saturated rings. The predicted molar refractivity (Wildman–Crippen MR) is 45.1 cm³/mol. The monoisotopic (exact) mass is 168 g/mol. The van der Waals surface area contributed by atoms with Crippen molar-refractivity contribution in [2.45, 2.75) is 19.9 Å². The molecule has 0 aliphatic rings. The van der Waals surface area contributed by atoms with Crippen LogP contribution in [0.2, 0.25) is 0 Å². The minimum atomic E-state index is -0.539. The second-order valence-corrected chi connectivity index (χ2v) is 2.18. The average Bonchev–Trinajstić information content (AvgIpc) is 2.03. The van der Waals surface area contributed by atoms with Crippen LogP contribution in [0.3, 0.4) is 0 Å². The van der Waals surface area contributed by atoms with E-state index in [0.717, 1.165) is 0 Å². The van der Waals surface area contributed by atoms with E-state index in [1.807, 2.05) is 0 Å². The molecule has 0 aromatic heterocycles. The Bertz CT molecular complexity index is 237. The fourth-order valence-electron chi connectivity index (χ4n) is 0.628. The van der Waals surface area contributed by atoms with Gasteiger partial charge in [-0.05, 0) is 19.8 Å². The van der Waals surface area contributed by atoms with Crippen LogP contribution < -0.4 is 10.6 Å². The van der Waals surface area contributed by atoms with Crippen molar-refractivity contribution in [3.8, 4) is 11.8 Å². The molecule has 0 unspecified atom stereocenters. The number of carbonyl (C=O) groups is 2. The molecule has 2 N–H and O–H groups in total. The third-order valence-electron chi connectivity index (χ3n) is 1.23. The molecule has 0 aromatic rings. The second kappa shape index (κ2) is 5.19. The highest BCUT2D eigenvalue weighted by Crippen LogP contribution is 1.79. The Morgan fingerprint density at radius 3 is 2.42 bits per heavy atom. The van der Waals surface area contributed by atoms with Gasteiger partial charge in [-0.1, -0.05) is 5.92 Å². The second-order valence-electron chi connectivity index (χ2n) is 2.18. The molecule has 0 saturated heterocycles. The van der Waals surface area contributed by atoms with Crippen molar-refractivity contribution in [2.24, 2.45) is 0 Å². The van der Waals surface area contributed by atoms with Crippen molar-refractivity contribution in [2.75, 3.05) is 7.05 Å². The molecule has 0 aromatic carbocycles. The van der Waals surface area contributed by atoms with Crippen molar-refractivity contribution >= 4 is 11.8 Å². The molecule has 66 valence electrons. The Morgan fingerprint density at radius 1 is 1.42 bits per heavy atom. The van der Waals surface area contributed by atoms with Gasteiger partial charge < -0.3 is 10.6 Å². The van der Waals surface area contributed by atoms with Crippen LogP contribution >= 0.6 is 0 Å². The lowest BCUT2D eigenvalue weighted by Crippen LogP contribution is -2.43. The van der Waals surface area contributed by atoms with Crippen LogP contribution in [-0.2, 0) is 9.59 Å². The number of rotatable bonds is 2. The van der Waals surface area contributed by atoms with E-state index in [1.165, 1.54) is 7.05 Å². The lowest BCUT2D eigenvalue weighted by molar-refractivity contribution is -0.126. The molecule has 0 rings (SSSR count). The van der Waals surface area contributed by atoms with E-state index >= 15 is 0 Å². The fraction of sp³-hybridized carbons (Fsp3) is 0.500. The minimum absolute atomic E-state index is 0.235. The lowest BCUT2D eigenvalue weighted by atomic mass is 10.3. The zero-order valence-electron chi connectivity index (χ0n) is 7.39. The molecule has 1 atom stereocenters. The molecule has 4 heteroatoms. The molecular weight excluding hydrogens is 156 g/mol. The lowest BCUT2D eigenvalue weighted by Gasteiger charge is -2.08. The first-order valence-electron chi connectivity index (χ1n) is 3.56. The summed E-state index contributed by atoms with van der Waals surface area (Å²) in [4.78, 5) is 21.7. The van der Waals surface area contributed by atoms with Gasteiger partial charge >= 0.3 is 0 Å². The van der Waals surface area contributed by atoms with Crippen molar-refractivity contribution in [1.82, 2.24) is 10.6 Å². The third-order valence-corrected chi connectivity index (χ3v) is 1.23. The highest BCUT2D eigenvalue weighted by Gasteiger charge is 2.11.